The van der Waals surface area contributed by atoms with E-state index in [0.29, 0.717) is 6.54 Å². The van der Waals surface area contributed by atoms with Crippen LogP contribution in [-0.2, 0) is 11.3 Å². The average molecular weight is 563 g/mol. The third kappa shape index (κ3) is 6.31. The fourth-order valence-electron chi connectivity index (χ4n) is 4.24. The number of aliphatic imine (C=N–C) groups is 1. The predicted octanol–water partition coefficient (Wildman–Crippen LogP) is 3.95. The first-order valence-electron chi connectivity index (χ1n) is 11.4. The summed E-state index contributed by atoms with van der Waals surface area (Å²) in [5, 5.41) is 6.53. The highest BCUT2D eigenvalue weighted by Crippen LogP contribution is 2.29. The van der Waals surface area contributed by atoms with Gasteiger partial charge >= 0.3 is 0 Å². The Bertz CT molecular complexity index is 955. The maximum absolute atomic E-state index is 12.2. The smallest absolute Gasteiger partial charge is 0.227 e. The summed E-state index contributed by atoms with van der Waals surface area (Å²) in [6, 6.07) is 16.2. The van der Waals surface area contributed by atoms with Crippen molar-refractivity contribution < 1.29 is 9.53 Å². The van der Waals surface area contributed by atoms with E-state index in [0.717, 1.165) is 74.1 Å². The highest BCUT2D eigenvalue weighted by molar-refractivity contribution is 14.0. The summed E-state index contributed by atoms with van der Waals surface area (Å²) in [6.07, 6.45) is 3.18. The van der Waals surface area contributed by atoms with Crippen molar-refractivity contribution in [2.75, 3.05) is 50.6 Å². The van der Waals surface area contributed by atoms with Crippen LogP contribution in [0, 0.1) is 5.92 Å². The summed E-state index contributed by atoms with van der Waals surface area (Å²) < 4.78 is 5.52. The van der Waals surface area contributed by atoms with E-state index in [1.54, 1.807) is 7.11 Å². The van der Waals surface area contributed by atoms with Crippen molar-refractivity contribution in [2.24, 2.45) is 10.9 Å². The highest BCUT2D eigenvalue weighted by Gasteiger charge is 2.25. The van der Waals surface area contributed by atoms with E-state index in [1.807, 2.05) is 43.4 Å². The van der Waals surface area contributed by atoms with E-state index in [9.17, 15) is 4.79 Å². The Kier molecular flexibility index (Phi) is 9.22. The molecule has 2 fully saturated rings. The summed E-state index contributed by atoms with van der Waals surface area (Å²) in [5.41, 5.74) is 3.12. The number of piperazine rings is 1. The standard InChI is InChI=1S/C25H33N5O2.HI/c1-26-25(30-15-13-29(14-16-30)22-11-3-4-12-23(22)32-2)27-18-19-7-5-10-21(17-19)28-24(31)20-8-6-9-20;/h3-5,7,10-12,17,20H,6,8-9,13-16,18H2,1-2H3,(H,26,27)(H,28,31);1H. The van der Waals surface area contributed by atoms with Crippen molar-refractivity contribution >= 4 is 47.2 Å². The average Bonchev–Trinajstić information content (AvgIpc) is 2.79. The van der Waals surface area contributed by atoms with Crippen LogP contribution in [0.5, 0.6) is 5.75 Å². The molecule has 1 heterocycles. The van der Waals surface area contributed by atoms with Crippen LogP contribution in [0.1, 0.15) is 24.8 Å². The molecule has 2 aromatic rings. The van der Waals surface area contributed by atoms with Gasteiger partial charge in [-0.25, -0.2) is 0 Å². The molecule has 0 atom stereocenters. The number of halogens is 1. The lowest BCUT2D eigenvalue weighted by atomic mass is 9.85. The number of guanidine groups is 1. The SMILES string of the molecule is CN=C(NCc1cccc(NC(=O)C2CCC2)c1)N1CCN(c2ccccc2OC)CC1.I. The van der Waals surface area contributed by atoms with Crippen molar-refractivity contribution in [3.8, 4) is 5.75 Å². The Hall–Kier alpha value is -2.49. The highest BCUT2D eigenvalue weighted by atomic mass is 127. The van der Waals surface area contributed by atoms with Crippen LogP contribution >= 0.6 is 24.0 Å². The van der Waals surface area contributed by atoms with E-state index in [1.165, 1.54) is 0 Å². The lowest BCUT2D eigenvalue weighted by molar-refractivity contribution is -0.122. The minimum absolute atomic E-state index is 0. The zero-order chi connectivity index (χ0) is 22.3. The van der Waals surface area contributed by atoms with Crippen LogP contribution in [0.15, 0.2) is 53.5 Å². The molecule has 1 saturated carbocycles. The Morgan fingerprint density at radius 3 is 2.52 bits per heavy atom. The van der Waals surface area contributed by atoms with Gasteiger partial charge in [0.25, 0.3) is 0 Å². The van der Waals surface area contributed by atoms with E-state index >= 15 is 0 Å². The molecular weight excluding hydrogens is 529 g/mol. The van der Waals surface area contributed by atoms with Crippen LogP contribution in [0.2, 0.25) is 0 Å². The molecule has 0 radical (unpaired) electrons. The van der Waals surface area contributed by atoms with Gasteiger partial charge in [0.05, 0.1) is 12.8 Å². The monoisotopic (exact) mass is 563 g/mol. The molecule has 0 aromatic heterocycles. The molecule has 1 aliphatic carbocycles. The zero-order valence-corrected chi connectivity index (χ0v) is 21.7. The first-order valence-corrected chi connectivity index (χ1v) is 11.4. The molecule has 2 N–H and O–H groups in total. The van der Waals surface area contributed by atoms with Gasteiger partial charge in [-0.3, -0.25) is 9.79 Å². The third-order valence-corrected chi connectivity index (χ3v) is 6.34. The lowest BCUT2D eigenvalue weighted by Crippen LogP contribution is -2.52. The van der Waals surface area contributed by atoms with Gasteiger partial charge in [-0.15, -0.1) is 24.0 Å². The minimum atomic E-state index is 0. The number of para-hydroxylation sites is 2. The summed E-state index contributed by atoms with van der Waals surface area (Å²) >= 11 is 0. The van der Waals surface area contributed by atoms with Gasteiger partial charge in [0.2, 0.25) is 5.91 Å². The van der Waals surface area contributed by atoms with Gasteiger partial charge in [0.1, 0.15) is 5.75 Å². The second-order valence-electron chi connectivity index (χ2n) is 8.36. The van der Waals surface area contributed by atoms with Gasteiger partial charge < -0.3 is 25.2 Å². The molecule has 0 bridgehead atoms. The first kappa shape index (κ1) is 25.1. The third-order valence-electron chi connectivity index (χ3n) is 6.34. The molecule has 0 unspecified atom stereocenters. The minimum Gasteiger partial charge on any atom is -0.495 e. The number of ether oxygens (including phenoxy) is 1. The van der Waals surface area contributed by atoms with E-state index in [2.05, 4.69) is 37.6 Å². The first-order chi connectivity index (χ1) is 15.7. The maximum Gasteiger partial charge on any atom is 0.227 e. The van der Waals surface area contributed by atoms with Gasteiger partial charge in [-0.1, -0.05) is 30.7 Å². The van der Waals surface area contributed by atoms with E-state index in [-0.39, 0.29) is 35.8 Å². The maximum atomic E-state index is 12.2. The molecule has 1 amide bonds. The number of nitrogens with one attached hydrogen (secondary N) is 2. The molecular formula is C25H34IN5O2. The molecule has 8 heteroatoms. The number of carbonyl (C=O) groups is 1. The summed E-state index contributed by atoms with van der Waals surface area (Å²) in [6.45, 7) is 4.24. The Morgan fingerprint density at radius 1 is 1.09 bits per heavy atom. The van der Waals surface area contributed by atoms with Crippen LogP contribution in [0.4, 0.5) is 11.4 Å². The van der Waals surface area contributed by atoms with Gasteiger partial charge in [0, 0.05) is 51.4 Å². The van der Waals surface area contributed by atoms with Gasteiger partial charge in [-0.05, 0) is 42.7 Å². The second-order valence-corrected chi connectivity index (χ2v) is 8.36. The Labute approximate surface area is 213 Å². The second kappa shape index (κ2) is 12.1. The summed E-state index contributed by atoms with van der Waals surface area (Å²) in [4.78, 5) is 21.4. The molecule has 1 saturated heterocycles. The van der Waals surface area contributed by atoms with Crippen LogP contribution in [-0.4, -0.2) is 57.1 Å². The van der Waals surface area contributed by atoms with Crippen molar-refractivity contribution in [2.45, 2.75) is 25.8 Å². The Morgan fingerprint density at radius 2 is 1.85 bits per heavy atom. The number of benzene rings is 2. The van der Waals surface area contributed by atoms with E-state index < -0.39 is 0 Å². The number of carbonyl (C=O) groups excluding carboxylic acids is 1. The van der Waals surface area contributed by atoms with Crippen LogP contribution in [0.25, 0.3) is 0 Å². The number of anilines is 2. The number of hydrogen-bond acceptors (Lipinski definition) is 4. The van der Waals surface area contributed by atoms with Crippen LogP contribution < -0.4 is 20.3 Å². The van der Waals surface area contributed by atoms with Crippen molar-refractivity contribution in [1.82, 2.24) is 10.2 Å². The number of rotatable bonds is 6. The normalized spacial score (nSPS) is 16.5. The lowest BCUT2D eigenvalue weighted by Gasteiger charge is -2.38. The quantitative estimate of drug-likeness (QED) is 0.317. The Balaban J connectivity index is 0.00000306. The zero-order valence-electron chi connectivity index (χ0n) is 19.4. The number of nitrogens with zero attached hydrogens (tertiary/aromatic N) is 3. The molecule has 1 aliphatic heterocycles. The molecule has 0 spiro atoms. The van der Waals surface area contributed by atoms with Crippen molar-refractivity contribution in [3.63, 3.8) is 0 Å². The molecule has 2 aromatic carbocycles. The van der Waals surface area contributed by atoms with Gasteiger partial charge in [0.15, 0.2) is 5.96 Å². The number of hydrogen-bond donors (Lipinski definition) is 2. The summed E-state index contributed by atoms with van der Waals surface area (Å²) in [7, 11) is 3.54. The fourth-order valence-corrected chi connectivity index (χ4v) is 4.24. The molecule has 178 valence electrons. The summed E-state index contributed by atoms with van der Waals surface area (Å²) in [5.74, 6) is 2.14. The number of amides is 1. The van der Waals surface area contributed by atoms with Crippen molar-refractivity contribution in [3.05, 3.63) is 54.1 Å². The van der Waals surface area contributed by atoms with Crippen LogP contribution in [0.3, 0.4) is 0 Å². The predicted molar refractivity (Wildman–Crippen MR) is 145 cm³/mol. The van der Waals surface area contributed by atoms with E-state index in [4.69, 9.17) is 4.74 Å². The number of methoxy groups -OCH3 is 1. The molecule has 33 heavy (non-hydrogen) atoms. The topological polar surface area (TPSA) is 69.2 Å². The largest absolute Gasteiger partial charge is 0.495 e. The van der Waals surface area contributed by atoms with Crippen molar-refractivity contribution in [1.29, 1.82) is 0 Å². The fraction of sp³-hybridized carbons (Fsp3) is 0.440. The molecule has 4 rings (SSSR count). The van der Waals surface area contributed by atoms with Gasteiger partial charge in [-0.2, -0.15) is 0 Å². The molecule has 2 aliphatic rings. The molecule has 7 nitrogen and oxygen atoms in total.